The Morgan fingerprint density at radius 1 is 1.56 bits per heavy atom. The molecule has 1 saturated heterocycles. The zero-order valence-corrected chi connectivity index (χ0v) is 9.13. The lowest BCUT2D eigenvalue weighted by molar-refractivity contribution is -0.208. The van der Waals surface area contributed by atoms with Crippen molar-refractivity contribution < 1.29 is 24.5 Å². The number of aliphatic hydroxyl groups excluding tert-OH is 1. The maximum Gasteiger partial charge on any atom is 0.333 e. The molecule has 1 fully saturated rings. The molecular formula is C11H16O5. The Bertz CT molecular complexity index is 297. The van der Waals surface area contributed by atoms with E-state index in [4.69, 9.17) is 14.6 Å². The molecule has 0 unspecified atom stereocenters. The molecule has 0 amide bonds. The maximum absolute atomic E-state index is 10.7. The molecule has 1 aliphatic heterocycles. The summed E-state index contributed by atoms with van der Waals surface area (Å²) in [6, 6.07) is 0. The molecule has 0 bridgehead atoms. The summed E-state index contributed by atoms with van der Waals surface area (Å²) in [6.07, 6.45) is 1.22. The quantitative estimate of drug-likeness (QED) is 0.555. The number of aliphatic hydroxyl groups is 1. The van der Waals surface area contributed by atoms with Gasteiger partial charge in [-0.05, 0) is 13.0 Å². The van der Waals surface area contributed by atoms with Gasteiger partial charge in [0.15, 0.2) is 6.10 Å². The molecule has 16 heavy (non-hydrogen) atoms. The van der Waals surface area contributed by atoms with Gasteiger partial charge in [0.1, 0.15) is 5.76 Å². The van der Waals surface area contributed by atoms with Gasteiger partial charge in [-0.1, -0.05) is 12.7 Å². The van der Waals surface area contributed by atoms with Crippen LogP contribution in [0.3, 0.4) is 0 Å². The first-order valence-electron chi connectivity index (χ1n) is 5.07. The van der Waals surface area contributed by atoms with E-state index in [2.05, 4.69) is 6.58 Å². The van der Waals surface area contributed by atoms with Crippen LogP contribution in [0.4, 0.5) is 0 Å². The molecule has 0 saturated carbocycles. The molecule has 1 rings (SSSR count). The minimum Gasteiger partial charge on any atom is -0.479 e. The lowest BCUT2D eigenvalue weighted by atomic mass is 10.1. The average molecular weight is 228 g/mol. The standard InChI is InChI=1S/C11H16O5/c1-3-4-7(2)15-10-6-8(12)5-9(16-10)11(13)14/h3-4,8-10,12H,2,5-6H2,1H3,(H,13,14)/b4-3-/t8-,9-,10+/m0/s1. The molecule has 0 aromatic rings. The highest BCUT2D eigenvalue weighted by Crippen LogP contribution is 2.22. The van der Waals surface area contributed by atoms with Gasteiger partial charge in [-0.3, -0.25) is 0 Å². The SMILES string of the molecule is C=C(/C=C\C)O[C@H]1C[C@@H](O)C[C@@H](C(=O)O)O1. The fourth-order valence-corrected chi connectivity index (χ4v) is 1.49. The summed E-state index contributed by atoms with van der Waals surface area (Å²) in [7, 11) is 0. The highest BCUT2D eigenvalue weighted by molar-refractivity contribution is 5.72. The summed E-state index contributed by atoms with van der Waals surface area (Å²) < 4.78 is 10.4. The normalized spacial score (nSPS) is 30.2. The van der Waals surface area contributed by atoms with E-state index in [1.807, 2.05) is 6.92 Å². The van der Waals surface area contributed by atoms with Crippen LogP contribution in [0.1, 0.15) is 19.8 Å². The summed E-state index contributed by atoms with van der Waals surface area (Å²) in [6.45, 7) is 5.43. The zero-order chi connectivity index (χ0) is 12.1. The van der Waals surface area contributed by atoms with Crippen molar-refractivity contribution in [3.8, 4) is 0 Å². The van der Waals surface area contributed by atoms with Crippen LogP contribution in [-0.4, -0.2) is 34.7 Å². The number of carboxylic acids is 1. The smallest absolute Gasteiger partial charge is 0.333 e. The summed E-state index contributed by atoms with van der Waals surface area (Å²) in [5, 5.41) is 18.3. The molecular weight excluding hydrogens is 212 g/mol. The summed E-state index contributed by atoms with van der Waals surface area (Å²) >= 11 is 0. The minimum absolute atomic E-state index is 0.0886. The molecule has 1 aliphatic rings. The van der Waals surface area contributed by atoms with E-state index in [9.17, 15) is 9.90 Å². The Morgan fingerprint density at radius 3 is 2.81 bits per heavy atom. The number of ether oxygens (including phenoxy) is 2. The molecule has 2 N–H and O–H groups in total. The van der Waals surface area contributed by atoms with Crippen LogP contribution in [0.2, 0.25) is 0 Å². The average Bonchev–Trinajstić information content (AvgIpc) is 2.16. The van der Waals surface area contributed by atoms with E-state index in [1.54, 1.807) is 12.2 Å². The Labute approximate surface area is 94.0 Å². The van der Waals surface area contributed by atoms with E-state index in [0.717, 1.165) is 0 Å². The first-order chi connectivity index (χ1) is 7.52. The van der Waals surface area contributed by atoms with Gasteiger partial charge in [-0.25, -0.2) is 4.79 Å². The zero-order valence-electron chi connectivity index (χ0n) is 9.13. The van der Waals surface area contributed by atoms with E-state index >= 15 is 0 Å². The largest absolute Gasteiger partial charge is 0.479 e. The molecule has 5 nitrogen and oxygen atoms in total. The first-order valence-corrected chi connectivity index (χ1v) is 5.07. The van der Waals surface area contributed by atoms with E-state index in [1.165, 1.54) is 0 Å². The van der Waals surface area contributed by atoms with Crippen molar-refractivity contribution >= 4 is 5.97 Å². The number of hydrogen-bond donors (Lipinski definition) is 2. The molecule has 90 valence electrons. The van der Waals surface area contributed by atoms with Crippen LogP contribution in [0.25, 0.3) is 0 Å². The van der Waals surface area contributed by atoms with Crippen molar-refractivity contribution in [1.29, 1.82) is 0 Å². The fourth-order valence-electron chi connectivity index (χ4n) is 1.49. The Kier molecular flexibility index (Phi) is 4.52. The van der Waals surface area contributed by atoms with Crippen LogP contribution in [-0.2, 0) is 14.3 Å². The first kappa shape index (κ1) is 12.7. The number of aliphatic carboxylic acids is 1. The number of rotatable bonds is 4. The van der Waals surface area contributed by atoms with Crippen LogP contribution in [0.15, 0.2) is 24.5 Å². The van der Waals surface area contributed by atoms with Crippen LogP contribution in [0.5, 0.6) is 0 Å². The third kappa shape index (κ3) is 3.67. The van der Waals surface area contributed by atoms with Gasteiger partial charge in [0.25, 0.3) is 0 Å². The Morgan fingerprint density at radius 2 is 2.25 bits per heavy atom. The van der Waals surface area contributed by atoms with Gasteiger partial charge in [0.05, 0.1) is 6.10 Å². The highest BCUT2D eigenvalue weighted by Gasteiger charge is 2.33. The predicted octanol–water partition coefficient (Wildman–Crippen LogP) is 1.04. The molecule has 3 atom stereocenters. The van der Waals surface area contributed by atoms with Crippen molar-refractivity contribution in [3.63, 3.8) is 0 Å². The highest BCUT2D eigenvalue weighted by atomic mass is 16.7. The summed E-state index contributed by atoms with van der Waals surface area (Å²) in [5.41, 5.74) is 0. The van der Waals surface area contributed by atoms with Gasteiger partial charge in [-0.15, -0.1) is 0 Å². The number of allylic oxidation sites excluding steroid dienone is 2. The van der Waals surface area contributed by atoms with E-state index < -0.39 is 24.5 Å². The molecule has 1 heterocycles. The molecule has 5 heteroatoms. The minimum atomic E-state index is -1.09. The van der Waals surface area contributed by atoms with Crippen molar-refractivity contribution in [2.45, 2.75) is 38.3 Å². The fraction of sp³-hybridized carbons (Fsp3) is 0.545. The second-order valence-electron chi connectivity index (χ2n) is 3.60. The van der Waals surface area contributed by atoms with Crippen molar-refractivity contribution in [2.24, 2.45) is 0 Å². The van der Waals surface area contributed by atoms with Gasteiger partial charge in [0.2, 0.25) is 6.29 Å². The van der Waals surface area contributed by atoms with Crippen LogP contribution < -0.4 is 0 Å². The lowest BCUT2D eigenvalue weighted by Crippen LogP contribution is -2.40. The van der Waals surface area contributed by atoms with E-state index in [-0.39, 0.29) is 12.8 Å². The molecule has 0 radical (unpaired) electrons. The summed E-state index contributed by atoms with van der Waals surface area (Å²) in [4.78, 5) is 10.7. The predicted molar refractivity (Wildman–Crippen MR) is 56.6 cm³/mol. The molecule has 0 aliphatic carbocycles. The molecule has 0 aromatic heterocycles. The van der Waals surface area contributed by atoms with Gasteiger partial charge < -0.3 is 19.7 Å². The summed E-state index contributed by atoms with van der Waals surface area (Å²) in [5.74, 6) is -0.713. The number of carboxylic acid groups (broad SMARTS) is 1. The lowest BCUT2D eigenvalue weighted by Gasteiger charge is -2.31. The Hall–Kier alpha value is -1.33. The number of carbonyl (C=O) groups is 1. The van der Waals surface area contributed by atoms with Crippen molar-refractivity contribution in [3.05, 3.63) is 24.5 Å². The topological polar surface area (TPSA) is 76.0 Å². The third-order valence-corrected chi connectivity index (χ3v) is 2.18. The monoisotopic (exact) mass is 228 g/mol. The number of hydrogen-bond acceptors (Lipinski definition) is 4. The van der Waals surface area contributed by atoms with Crippen molar-refractivity contribution in [2.75, 3.05) is 0 Å². The van der Waals surface area contributed by atoms with Gasteiger partial charge >= 0.3 is 5.97 Å². The van der Waals surface area contributed by atoms with Gasteiger partial charge in [0, 0.05) is 12.8 Å². The van der Waals surface area contributed by atoms with Gasteiger partial charge in [-0.2, -0.15) is 0 Å². The molecule has 0 spiro atoms. The van der Waals surface area contributed by atoms with Crippen LogP contribution in [0, 0.1) is 0 Å². The van der Waals surface area contributed by atoms with Crippen LogP contribution >= 0.6 is 0 Å². The Balaban J connectivity index is 2.54. The molecule has 0 aromatic carbocycles. The van der Waals surface area contributed by atoms with E-state index in [0.29, 0.717) is 5.76 Å². The third-order valence-electron chi connectivity index (χ3n) is 2.18. The second-order valence-corrected chi connectivity index (χ2v) is 3.60. The van der Waals surface area contributed by atoms with Crippen molar-refractivity contribution in [1.82, 2.24) is 0 Å². The maximum atomic E-state index is 10.7. The second kappa shape index (κ2) is 5.67.